The van der Waals surface area contributed by atoms with E-state index in [-0.39, 0.29) is 30.6 Å². The number of likely N-dealkylation sites (tertiary alicyclic amines) is 1. The van der Waals surface area contributed by atoms with Crippen LogP contribution in [0.25, 0.3) is 22.2 Å². The van der Waals surface area contributed by atoms with Crippen molar-refractivity contribution in [2.45, 2.75) is 70.7 Å². The average Bonchev–Trinajstić information content (AvgIpc) is 3.15. The second-order valence-corrected chi connectivity index (χ2v) is 13.6. The van der Waals surface area contributed by atoms with Gasteiger partial charge >= 0.3 is 0 Å². The van der Waals surface area contributed by atoms with E-state index in [0.717, 1.165) is 58.5 Å². The monoisotopic (exact) mass is 670 g/mol. The van der Waals surface area contributed by atoms with Crippen LogP contribution in [-0.2, 0) is 22.6 Å². The average molecular weight is 671 g/mol. The van der Waals surface area contributed by atoms with E-state index < -0.39 is 6.29 Å². The molecule has 2 aliphatic rings. The molecule has 2 aliphatic heterocycles. The van der Waals surface area contributed by atoms with Crippen molar-refractivity contribution in [3.63, 3.8) is 0 Å². The minimum atomic E-state index is -0.514. The zero-order valence-electron chi connectivity index (χ0n) is 28.7. The number of aromatic nitrogens is 2. The molecule has 7 rings (SSSR count). The van der Waals surface area contributed by atoms with E-state index in [1.54, 1.807) is 0 Å². The maximum atomic E-state index is 13.0. The number of hydrogen-bond donors (Lipinski definition) is 2. The number of hydrogen-bond acceptors (Lipinski definition) is 7. The van der Waals surface area contributed by atoms with Crippen molar-refractivity contribution < 1.29 is 19.4 Å². The molecule has 50 heavy (non-hydrogen) atoms. The number of benzene rings is 4. The Morgan fingerprint density at radius 3 is 2.26 bits per heavy atom. The molecule has 1 amide bonds. The molecule has 2 fully saturated rings. The fourth-order valence-electron chi connectivity index (χ4n) is 7.19. The van der Waals surface area contributed by atoms with Crippen LogP contribution in [0.2, 0.25) is 0 Å². The minimum absolute atomic E-state index is 0.00648. The van der Waals surface area contributed by atoms with Crippen LogP contribution in [0.15, 0.2) is 103 Å². The minimum Gasteiger partial charge on any atom is -0.392 e. The predicted molar refractivity (Wildman–Crippen MR) is 195 cm³/mol. The van der Waals surface area contributed by atoms with Crippen molar-refractivity contribution in [2.24, 2.45) is 5.92 Å². The molecule has 4 aromatic carbocycles. The third-order valence-electron chi connectivity index (χ3n) is 10.1. The van der Waals surface area contributed by atoms with Crippen molar-refractivity contribution >= 4 is 16.9 Å². The van der Waals surface area contributed by atoms with Gasteiger partial charge in [0.15, 0.2) is 6.29 Å². The summed E-state index contributed by atoms with van der Waals surface area (Å²) in [5, 5.41) is 12.7. The second-order valence-electron chi connectivity index (χ2n) is 13.6. The van der Waals surface area contributed by atoms with Gasteiger partial charge in [-0.15, -0.1) is 0 Å². The number of para-hydroxylation sites is 2. The van der Waals surface area contributed by atoms with E-state index >= 15 is 0 Å². The predicted octanol–water partition coefficient (Wildman–Crippen LogP) is 7.78. The van der Waals surface area contributed by atoms with Crippen LogP contribution in [-0.4, -0.2) is 51.6 Å². The van der Waals surface area contributed by atoms with E-state index in [1.807, 2.05) is 54.6 Å². The number of aliphatic hydroxyl groups excluding tert-OH is 1. The van der Waals surface area contributed by atoms with Crippen LogP contribution in [0.5, 0.6) is 0 Å². The van der Waals surface area contributed by atoms with Gasteiger partial charge in [0, 0.05) is 24.6 Å². The number of nitrogens with zero attached hydrogens (tertiary/aromatic N) is 3. The molecule has 3 heterocycles. The lowest BCUT2D eigenvalue weighted by atomic mass is 9.89. The Hall–Kier alpha value is -4.47. The largest absolute Gasteiger partial charge is 0.392 e. The van der Waals surface area contributed by atoms with Crippen molar-refractivity contribution in [3.05, 3.63) is 131 Å². The smallest absolute Gasteiger partial charge is 0.271 e. The van der Waals surface area contributed by atoms with E-state index in [1.165, 1.54) is 38.3 Å². The molecule has 0 spiro atoms. The molecule has 2 N–H and O–H groups in total. The number of amides is 1. The summed E-state index contributed by atoms with van der Waals surface area (Å²) in [5.41, 5.74) is 7.78. The Morgan fingerprint density at radius 1 is 0.820 bits per heavy atom. The molecule has 5 aromatic rings. The fraction of sp³-hybridized carbons (Fsp3) is 0.357. The summed E-state index contributed by atoms with van der Waals surface area (Å²) < 4.78 is 13.5. The van der Waals surface area contributed by atoms with E-state index in [4.69, 9.17) is 9.47 Å². The topological polar surface area (TPSA) is 96.8 Å². The third-order valence-corrected chi connectivity index (χ3v) is 10.1. The van der Waals surface area contributed by atoms with Crippen LogP contribution >= 0.6 is 0 Å². The number of rotatable bonds is 9. The number of aliphatic hydroxyl groups is 1. The highest BCUT2D eigenvalue weighted by molar-refractivity contribution is 5.93. The van der Waals surface area contributed by atoms with Crippen molar-refractivity contribution in [1.29, 1.82) is 0 Å². The molecule has 258 valence electrons. The zero-order valence-corrected chi connectivity index (χ0v) is 28.7. The number of ether oxygens (including phenoxy) is 2. The van der Waals surface area contributed by atoms with Gasteiger partial charge in [0.05, 0.1) is 36.0 Å². The molecule has 1 aromatic heterocycles. The molecule has 8 heteroatoms. The molecule has 0 bridgehead atoms. The first-order valence-corrected chi connectivity index (χ1v) is 18.0. The lowest BCUT2D eigenvalue weighted by molar-refractivity contribution is -0.276. The highest BCUT2D eigenvalue weighted by Gasteiger charge is 2.39. The molecule has 8 nitrogen and oxygen atoms in total. The number of fused-ring (bicyclic) bond motifs is 1. The summed E-state index contributed by atoms with van der Waals surface area (Å²) in [6.07, 6.45) is 7.27. The summed E-state index contributed by atoms with van der Waals surface area (Å²) in [6, 6.07) is 32.1. The summed E-state index contributed by atoms with van der Waals surface area (Å²) in [6.45, 7) is 5.71. The standard InChI is InChI=1S/C42H46N4O4/c1-29-39(27-46-23-9-3-2-4-10-24-46)49-42(50-40(29)32-17-15-30(28-47)16-18-32)33-21-19-31(20-22-33)35-12-6-5-11-34(35)25-44-41(48)38-26-43-36-13-7-8-14-37(36)45-38/h5-8,11-22,26,29,39-40,42,47H,2-4,9-10,23-25,27-28H2,1H3,(H,44,48). The van der Waals surface area contributed by atoms with E-state index in [9.17, 15) is 9.90 Å². The first-order chi connectivity index (χ1) is 24.6. The SMILES string of the molecule is CC1C(CN2CCCCCCC2)OC(c2ccc(-c3ccccc3CNC(=O)c3cnc4ccccc4n3)cc2)OC1c1ccc(CO)cc1. The lowest BCUT2D eigenvalue weighted by Gasteiger charge is -2.43. The molecular formula is C42H46N4O4. The highest BCUT2D eigenvalue weighted by atomic mass is 16.7. The molecule has 0 radical (unpaired) electrons. The Balaban J connectivity index is 1.08. The summed E-state index contributed by atoms with van der Waals surface area (Å²) in [5.74, 6) is -0.112. The number of nitrogens with one attached hydrogen (secondary N) is 1. The van der Waals surface area contributed by atoms with Crippen molar-refractivity contribution in [3.8, 4) is 11.1 Å². The van der Waals surface area contributed by atoms with E-state index in [2.05, 4.69) is 69.6 Å². The maximum Gasteiger partial charge on any atom is 0.271 e. The van der Waals surface area contributed by atoms with E-state index in [0.29, 0.717) is 17.8 Å². The van der Waals surface area contributed by atoms with Crippen LogP contribution in [0.3, 0.4) is 0 Å². The van der Waals surface area contributed by atoms with Gasteiger partial charge < -0.3 is 24.8 Å². The van der Waals surface area contributed by atoms with Crippen molar-refractivity contribution in [1.82, 2.24) is 20.2 Å². The Labute approximate surface area is 294 Å². The summed E-state index contributed by atoms with van der Waals surface area (Å²) in [7, 11) is 0. The second kappa shape index (κ2) is 16.0. The van der Waals surface area contributed by atoms with Crippen LogP contribution < -0.4 is 5.32 Å². The molecule has 0 aliphatic carbocycles. The van der Waals surface area contributed by atoms with Gasteiger partial charge in [-0.3, -0.25) is 9.78 Å². The lowest BCUT2D eigenvalue weighted by Crippen LogP contribution is -2.45. The molecule has 2 saturated heterocycles. The molecule has 0 saturated carbocycles. The highest BCUT2D eigenvalue weighted by Crippen LogP contribution is 2.42. The quantitative estimate of drug-likeness (QED) is 0.165. The molecular weight excluding hydrogens is 624 g/mol. The zero-order chi connectivity index (χ0) is 34.3. The van der Waals surface area contributed by atoms with Gasteiger partial charge in [-0.2, -0.15) is 0 Å². The van der Waals surface area contributed by atoms with Gasteiger partial charge in [0.25, 0.3) is 5.91 Å². The van der Waals surface area contributed by atoms with Crippen LogP contribution in [0.1, 0.15) is 84.2 Å². The summed E-state index contributed by atoms with van der Waals surface area (Å²) >= 11 is 0. The van der Waals surface area contributed by atoms with Gasteiger partial charge in [0.2, 0.25) is 0 Å². The molecule has 4 atom stereocenters. The Kier molecular flexibility index (Phi) is 10.9. The Bertz CT molecular complexity index is 1870. The van der Waals surface area contributed by atoms with Crippen molar-refractivity contribution in [2.75, 3.05) is 19.6 Å². The van der Waals surface area contributed by atoms with Gasteiger partial charge in [-0.25, -0.2) is 4.98 Å². The third kappa shape index (κ3) is 7.95. The first kappa shape index (κ1) is 34.0. The van der Waals surface area contributed by atoms with Gasteiger partial charge in [-0.1, -0.05) is 111 Å². The van der Waals surface area contributed by atoms with Gasteiger partial charge in [-0.05, 0) is 65.9 Å². The normalized spacial score (nSPS) is 21.7. The summed E-state index contributed by atoms with van der Waals surface area (Å²) in [4.78, 5) is 24.5. The maximum absolute atomic E-state index is 13.0. The number of carbonyl (C=O) groups is 1. The number of carbonyl (C=O) groups excluding carboxylic acids is 1. The van der Waals surface area contributed by atoms with Gasteiger partial charge in [0.1, 0.15) is 5.69 Å². The Morgan fingerprint density at radius 2 is 1.50 bits per heavy atom. The first-order valence-electron chi connectivity index (χ1n) is 18.0. The fourth-order valence-corrected chi connectivity index (χ4v) is 7.19. The molecule has 4 unspecified atom stereocenters. The van der Waals surface area contributed by atoms with Crippen LogP contribution in [0, 0.1) is 5.92 Å². The van der Waals surface area contributed by atoms with Crippen LogP contribution in [0.4, 0.5) is 0 Å².